The molecule has 0 radical (unpaired) electrons. The molecule has 1 aliphatic rings. The lowest BCUT2D eigenvalue weighted by Gasteiger charge is -2.36. The summed E-state index contributed by atoms with van der Waals surface area (Å²) in [5.74, 6) is 1.92. The van der Waals surface area contributed by atoms with Crippen LogP contribution in [0.25, 0.3) is 0 Å². The first-order chi connectivity index (χ1) is 14.2. The summed E-state index contributed by atoms with van der Waals surface area (Å²) in [6, 6.07) is 17.7. The van der Waals surface area contributed by atoms with Crippen molar-refractivity contribution >= 4 is 0 Å². The molecule has 0 spiro atoms. The number of nitrogens with zero attached hydrogens (tertiary/aromatic N) is 3. The zero-order chi connectivity index (χ0) is 20.1. The maximum atomic E-state index is 5.75. The summed E-state index contributed by atoms with van der Waals surface area (Å²) in [7, 11) is 0. The summed E-state index contributed by atoms with van der Waals surface area (Å²) >= 11 is 0. The summed E-state index contributed by atoms with van der Waals surface area (Å²) < 4.78 is 10.7. The Kier molecular flexibility index (Phi) is 6.22. The predicted octanol–water partition coefficient (Wildman–Crippen LogP) is 3.67. The van der Waals surface area contributed by atoms with Crippen molar-refractivity contribution in [3.63, 3.8) is 0 Å². The van der Waals surface area contributed by atoms with Crippen LogP contribution >= 0.6 is 0 Å². The van der Waals surface area contributed by atoms with Crippen LogP contribution in [0.15, 0.2) is 53.1 Å². The molecular weight excluding hydrogens is 364 g/mol. The Bertz CT molecular complexity index is 905. The smallest absolute Gasteiger partial charge is 0.223 e. The summed E-state index contributed by atoms with van der Waals surface area (Å²) in [6.45, 7) is 8.24. The number of nitrogens with one attached hydrogen (secondary N) is 1. The maximum absolute atomic E-state index is 5.75. The Labute approximate surface area is 171 Å². The van der Waals surface area contributed by atoms with Crippen molar-refractivity contribution in [1.82, 2.24) is 20.4 Å². The van der Waals surface area contributed by atoms with E-state index in [1.807, 2.05) is 12.1 Å². The van der Waals surface area contributed by atoms with Crippen molar-refractivity contribution in [3.8, 4) is 5.75 Å². The number of piperazine rings is 1. The highest BCUT2D eigenvalue weighted by Gasteiger charge is 2.23. The first-order valence-corrected chi connectivity index (χ1v) is 10.3. The van der Waals surface area contributed by atoms with E-state index in [9.17, 15) is 0 Å². The van der Waals surface area contributed by atoms with Crippen molar-refractivity contribution < 1.29 is 9.26 Å². The minimum Gasteiger partial charge on any atom is -0.485 e. The van der Waals surface area contributed by atoms with E-state index in [0.717, 1.165) is 38.3 Å². The fraction of sp³-hybridized carbons (Fsp3) is 0.391. The molecule has 6 heteroatoms. The fourth-order valence-corrected chi connectivity index (χ4v) is 3.71. The van der Waals surface area contributed by atoms with Gasteiger partial charge < -0.3 is 14.6 Å². The first-order valence-electron chi connectivity index (χ1n) is 10.3. The van der Waals surface area contributed by atoms with Crippen LogP contribution in [0.3, 0.4) is 0 Å². The lowest BCUT2D eigenvalue weighted by atomic mass is 10.00. The molecule has 1 aliphatic heterocycles. The third kappa shape index (κ3) is 5.02. The third-order valence-corrected chi connectivity index (χ3v) is 5.37. The molecule has 3 aromatic rings. The summed E-state index contributed by atoms with van der Waals surface area (Å²) in [5, 5.41) is 7.39. The Hall–Kier alpha value is -2.70. The number of hydrogen-bond acceptors (Lipinski definition) is 6. The molecule has 1 saturated heterocycles. The highest BCUT2D eigenvalue weighted by atomic mass is 16.5. The van der Waals surface area contributed by atoms with Gasteiger partial charge in [-0.05, 0) is 35.2 Å². The van der Waals surface area contributed by atoms with Gasteiger partial charge in [-0.15, -0.1) is 0 Å². The van der Waals surface area contributed by atoms with E-state index in [4.69, 9.17) is 9.26 Å². The third-order valence-electron chi connectivity index (χ3n) is 5.37. The molecule has 1 aromatic heterocycles. The van der Waals surface area contributed by atoms with Gasteiger partial charge in [-0.3, -0.25) is 4.90 Å². The molecule has 1 atom stereocenters. The Balaban J connectivity index is 1.38. The van der Waals surface area contributed by atoms with Gasteiger partial charge >= 0.3 is 0 Å². The second-order valence-corrected chi connectivity index (χ2v) is 7.45. The number of ether oxygens (including phenoxy) is 1. The van der Waals surface area contributed by atoms with E-state index in [1.165, 1.54) is 16.7 Å². The fourth-order valence-electron chi connectivity index (χ4n) is 3.71. The largest absolute Gasteiger partial charge is 0.485 e. The molecule has 1 unspecified atom stereocenters. The minimum atomic E-state index is 0.310. The molecule has 0 saturated carbocycles. The quantitative estimate of drug-likeness (QED) is 0.662. The lowest BCUT2D eigenvalue weighted by molar-refractivity contribution is 0.153. The van der Waals surface area contributed by atoms with Crippen LogP contribution in [0.1, 0.15) is 41.4 Å². The van der Waals surface area contributed by atoms with Gasteiger partial charge in [-0.2, -0.15) is 4.98 Å². The van der Waals surface area contributed by atoms with Gasteiger partial charge in [-0.25, -0.2) is 0 Å². The molecule has 152 valence electrons. The van der Waals surface area contributed by atoms with E-state index in [0.29, 0.717) is 24.4 Å². The number of hydrogen-bond donors (Lipinski definition) is 1. The lowest BCUT2D eigenvalue weighted by Crippen LogP contribution is -2.45. The van der Waals surface area contributed by atoms with Gasteiger partial charge in [-0.1, -0.05) is 48.5 Å². The number of rotatable bonds is 7. The standard InChI is InChI=1S/C23H28N4O2/c1-3-18-4-8-20(9-5-18)22-14-24-12-13-27(22)15-19-6-10-21(11-7-19)28-16-23-25-17(2)29-26-23/h4-11,22,24H,3,12-16H2,1-2H3. The second kappa shape index (κ2) is 9.20. The van der Waals surface area contributed by atoms with Crippen LogP contribution in [0.4, 0.5) is 0 Å². The van der Waals surface area contributed by atoms with Crippen molar-refractivity contribution in [2.45, 2.75) is 39.5 Å². The molecule has 6 nitrogen and oxygen atoms in total. The van der Waals surface area contributed by atoms with E-state index in [2.05, 4.69) is 63.7 Å². The first kappa shape index (κ1) is 19.6. The van der Waals surface area contributed by atoms with Gasteiger partial charge in [0.15, 0.2) is 6.61 Å². The summed E-state index contributed by atoms with van der Waals surface area (Å²) in [4.78, 5) is 6.70. The van der Waals surface area contributed by atoms with Gasteiger partial charge in [0.05, 0.1) is 0 Å². The van der Waals surface area contributed by atoms with Crippen LogP contribution < -0.4 is 10.1 Å². The Morgan fingerprint density at radius 1 is 1.10 bits per heavy atom. The van der Waals surface area contributed by atoms with Crippen molar-refractivity contribution in [3.05, 3.63) is 76.9 Å². The van der Waals surface area contributed by atoms with Crippen LogP contribution in [-0.4, -0.2) is 34.7 Å². The average Bonchev–Trinajstić information content (AvgIpc) is 3.19. The monoisotopic (exact) mass is 392 g/mol. The molecule has 1 N–H and O–H groups in total. The highest BCUT2D eigenvalue weighted by Crippen LogP contribution is 2.25. The van der Waals surface area contributed by atoms with Crippen LogP contribution in [-0.2, 0) is 19.6 Å². The zero-order valence-electron chi connectivity index (χ0n) is 17.1. The van der Waals surface area contributed by atoms with E-state index in [1.54, 1.807) is 6.92 Å². The summed E-state index contributed by atoms with van der Waals surface area (Å²) in [5.41, 5.74) is 4.05. The van der Waals surface area contributed by atoms with Crippen molar-refractivity contribution in [2.24, 2.45) is 0 Å². The molecule has 29 heavy (non-hydrogen) atoms. The average molecular weight is 393 g/mol. The number of benzene rings is 2. The van der Waals surface area contributed by atoms with Gasteiger partial charge in [0, 0.05) is 39.1 Å². The van der Waals surface area contributed by atoms with Crippen molar-refractivity contribution in [2.75, 3.05) is 19.6 Å². The molecule has 2 aromatic carbocycles. The summed E-state index contributed by atoms with van der Waals surface area (Å²) in [6.07, 6.45) is 1.08. The Morgan fingerprint density at radius 3 is 2.55 bits per heavy atom. The van der Waals surface area contributed by atoms with E-state index in [-0.39, 0.29) is 0 Å². The van der Waals surface area contributed by atoms with Gasteiger partial charge in [0.1, 0.15) is 5.75 Å². The number of aromatic nitrogens is 2. The predicted molar refractivity (Wildman–Crippen MR) is 112 cm³/mol. The Morgan fingerprint density at radius 2 is 1.86 bits per heavy atom. The SMILES string of the molecule is CCc1ccc(C2CNCCN2Cc2ccc(OCc3noc(C)n3)cc2)cc1. The number of aryl methyl sites for hydroxylation is 2. The molecule has 4 rings (SSSR count). The zero-order valence-corrected chi connectivity index (χ0v) is 17.1. The molecular formula is C23H28N4O2. The molecule has 1 fully saturated rings. The van der Waals surface area contributed by atoms with E-state index >= 15 is 0 Å². The molecule has 0 bridgehead atoms. The normalized spacial score (nSPS) is 17.4. The topological polar surface area (TPSA) is 63.4 Å². The molecule has 0 amide bonds. The van der Waals surface area contributed by atoms with Crippen LogP contribution in [0, 0.1) is 6.92 Å². The van der Waals surface area contributed by atoms with Gasteiger partial charge in [0.25, 0.3) is 0 Å². The minimum absolute atomic E-state index is 0.310. The van der Waals surface area contributed by atoms with Crippen molar-refractivity contribution in [1.29, 1.82) is 0 Å². The van der Waals surface area contributed by atoms with Gasteiger partial charge in [0.2, 0.25) is 11.7 Å². The van der Waals surface area contributed by atoms with Crippen LogP contribution in [0.5, 0.6) is 5.75 Å². The second-order valence-electron chi connectivity index (χ2n) is 7.45. The van der Waals surface area contributed by atoms with Crippen LogP contribution in [0.2, 0.25) is 0 Å². The van der Waals surface area contributed by atoms with E-state index < -0.39 is 0 Å². The molecule has 0 aliphatic carbocycles. The maximum Gasteiger partial charge on any atom is 0.223 e. The molecule has 2 heterocycles. The highest BCUT2D eigenvalue weighted by molar-refractivity contribution is 5.29.